The van der Waals surface area contributed by atoms with Gasteiger partial charge in [-0.15, -0.1) is 0 Å². The van der Waals surface area contributed by atoms with Gasteiger partial charge in [0.2, 0.25) is 0 Å². The first-order valence-corrected chi connectivity index (χ1v) is 3.71. The average Bonchev–Trinajstić information content (AvgIpc) is 2.17. The Balaban J connectivity index is 2.14. The molecule has 0 aromatic carbocycles. The van der Waals surface area contributed by atoms with Crippen molar-refractivity contribution in [1.82, 2.24) is 0 Å². The van der Waals surface area contributed by atoms with E-state index in [1.54, 1.807) is 0 Å². The van der Waals surface area contributed by atoms with Crippen molar-refractivity contribution in [3.05, 3.63) is 0 Å². The lowest BCUT2D eigenvalue weighted by atomic mass is 10.0. The zero-order valence-electron chi connectivity index (χ0n) is 5.71. The van der Waals surface area contributed by atoms with E-state index in [4.69, 9.17) is 10.8 Å². The first-order valence-electron chi connectivity index (χ1n) is 3.71. The summed E-state index contributed by atoms with van der Waals surface area (Å²) >= 11 is 0. The molecular weight excluding hydrogens is 114 g/mol. The third-order valence-electron chi connectivity index (χ3n) is 2.09. The number of aliphatic hydroxyl groups is 1. The van der Waals surface area contributed by atoms with Crippen molar-refractivity contribution in [2.45, 2.75) is 31.8 Å². The third kappa shape index (κ3) is 1.95. The molecule has 0 heterocycles. The van der Waals surface area contributed by atoms with Crippen molar-refractivity contribution in [1.29, 1.82) is 0 Å². The quantitative estimate of drug-likeness (QED) is 0.570. The van der Waals surface area contributed by atoms with Crippen LogP contribution >= 0.6 is 0 Å². The van der Waals surface area contributed by atoms with Crippen LogP contribution in [0, 0.1) is 5.92 Å². The van der Waals surface area contributed by atoms with Crippen LogP contribution in [0.5, 0.6) is 0 Å². The number of aliphatic hydroxyl groups excluding tert-OH is 1. The molecule has 1 aliphatic carbocycles. The first kappa shape index (κ1) is 7.03. The van der Waals surface area contributed by atoms with E-state index in [2.05, 4.69) is 0 Å². The van der Waals surface area contributed by atoms with E-state index in [1.165, 1.54) is 6.42 Å². The largest absolute Gasteiger partial charge is 0.393 e. The highest BCUT2D eigenvalue weighted by atomic mass is 16.3. The maximum Gasteiger partial charge on any atom is 0.0543 e. The number of hydrogen-bond acceptors (Lipinski definition) is 2. The Labute approximate surface area is 56.1 Å². The van der Waals surface area contributed by atoms with Gasteiger partial charge in [0.1, 0.15) is 0 Å². The molecule has 2 nitrogen and oxygen atoms in total. The summed E-state index contributed by atoms with van der Waals surface area (Å²) in [5.41, 5.74) is 5.37. The summed E-state index contributed by atoms with van der Waals surface area (Å²) in [5, 5.41) is 9.09. The first-order chi connectivity index (χ1) is 4.33. The Hall–Kier alpha value is -0.0800. The van der Waals surface area contributed by atoms with Crippen LogP contribution in [0.25, 0.3) is 0 Å². The summed E-state index contributed by atoms with van der Waals surface area (Å²) in [5.74, 6) is 0.713. The van der Waals surface area contributed by atoms with Gasteiger partial charge in [-0.1, -0.05) is 0 Å². The second kappa shape index (κ2) is 3.18. The molecule has 0 aromatic heterocycles. The van der Waals surface area contributed by atoms with E-state index < -0.39 is 0 Å². The average molecular weight is 129 g/mol. The Morgan fingerprint density at radius 1 is 1.44 bits per heavy atom. The number of nitrogens with two attached hydrogens (primary N) is 1. The summed E-state index contributed by atoms with van der Waals surface area (Å²) < 4.78 is 0. The predicted octanol–water partition coefficient (Wildman–Crippen LogP) is 0.496. The Bertz CT molecular complexity index is 83.0. The van der Waals surface area contributed by atoms with Crippen LogP contribution < -0.4 is 5.73 Å². The summed E-state index contributed by atoms with van der Waals surface area (Å²) in [6, 6.07) is 0. The van der Waals surface area contributed by atoms with Crippen molar-refractivity contribution in [2.24, 2.45) is 11.7 Å². The lowest BCUT2D eigenvalue weighted by Gasteiger charge is -2.04. The summed E-state index contributed by atoms with van der Waals surface area (Å²) in [7, 11) is 0. The van der Waals surface area contributed by atoms with Crippen LogP contribution in [-0.2, 0) is 0 Å². The van der Waals surface area contributed by atoms with Gasteiger partial charge in [-0.25, -0.2) is 0 Å². The van der Waals surface area contributed by atoms with Crippen LogP contribution in [0.4, 0.5) is 0 Å². The van der Waals surface area contributed by atoms with Gasteiger partial charge in [0.25, 0.3) is 0 Å². The summed E-state index contributed by atoms with van der Waals surface area (Å²) in [6.07, 6.45) is 4.22. The molecule has 1 saturated carbocycles. The smallest absolute Gasteiger partial charge is 0.0543 e. The molecule has 3 N–H and O–H groups in total. The molecule has 0 saturated heterocycles. The van der Waals surface area contributed by atoms with E-state index in [9.17, 15) is 0 Å². The van der Waals surface area contributed by atoms with Gasteiger partial charge in [-0.2, -0.15) is 0 Å². The third-order valence-corrected chi connectivity index (χ3v) is 2.09. The minimum absolute atomic E-state index is 0.0263. The molecule has 0 aliphatic heterocycles. The molecule has 0 spiro atoms. The maximum atomic E-state index is 9.09. The Kier molecular flexibility index (Phi) is 2.49. The van der Waals surface area contributed by atoms with Gasteiger partial charge in [-0.05, 0) is 38.1 Å². The molecule has 0 radical (unpaired) electrons. The maximum absolute atomic E-state index is 9.09. The highest BCUT2D eigenvalue weighted by molar-refractivity contribution is 4.74. The number of hydrogen-bond donors (Lipinski definition) is 2. The fourth-order valence-electron chi connectivity index (χ4n) is 1.55. The molecule has 0 amide bonds. The van der Waals surface area contributed by atoms with Crippen LogP contribution in [0.3, 0.4) is 0 Å². The molecule has 0 bridgehead atoms. The topological polar surface area (TPSA) is 46.2 Å². The summed E-state index contributed by atoms with van der Waals surface area (Å²) in [6.45, 7) is 0.775. The zero-order chi connectivity index (χ0) is 6.69. The molecule has 1 aliphatic rings. The minimum atomic E-state index is -0.0263. The van der Waals surface area contributed by atoms with Crippen molar-refractivity contribution >= 4 is 0 Å². The van der Waals surface area contributed by atoms with E-state index >= 15 is 0 Å². The predicted molar refractivity (Wildman–Crippen MR) is 37.0 cm³/mol. The molecule has 2 atom stereocenters. The molecule has 9 heavy (non-hydrogen) atoms. The SMILES string of the molecule is NCC[C@H]1CC[C@H](O)C1. The Morgan fingerprint density at radius 3 is 2.67 bits per heavy atom. The molecule has 0 unspecified atom stereocenters. The summed E-state index contributed by atoms with van der Waals surface area (Å²) in [4.78, 5) is 0. The second-order valence-electron chi connectivity index (χ2n) is 2.91. The van der Waals surface area contributed by atoms with Gasteiger partial charge in [-0.3, -0.25) is 0 Å². The highest BCUT2D eigenvalue weighted by Gasteiger charge is 2.21. The van der Waals surface area contributed by atoms with E-state index in [0.717, 1.165) is 25.8 Å². The van der Waals surface area contributed by atoms with Gasteiger partial charge in [0.05, 0.1) is 6.10 Å². The molecular formula is C7H15NO. The van der Waals surface area contributed by atoms with E-state index in [1.807, 2.05) is 0 Å². The highest BCUT2D eigenvalue weighted by Crippen LogP contribution is 2.27. The van der Waals surface area contributed by atoms with Gasteiger partial charge >= 0.3 is 0 Å². The number of rotatable bonds is 2. The zero-order valence-corrected chi connectivity index (χ0v) is 5.71. The van der Waals surface area contributed by atoms with Crippen molar-refractivity contribution in [2.75, 3.05) is 6.54 Å². The van der Waals surface area contributed by atoms with Crippen LogP contribution in [0.2, 0.25) is 0 Å². The van der Waals surface area contributed by atoms with Crippen molar-refractivity contribution in [3.8, 4) is 0 Å². The van der Waals surface area contributed by atoms with Crippen LogP contribution in [0.15, 0.2) is 0 Å². The van der Waals surface area contributed by atoms with E-state index in [-0.39, 0.29) is 6.10 Å². The van der Waals surface area contributed by atoms with Crippen LogP contribution in [-0.4, -0.2) is 17.8 Å². The Morgan fingerprint density at radius 2 is 2.22 bits per heavy atom. The minimum Gasteiger partial charge on any atom is -0.393 e. The lowest BCUT2D eigenvalue weighted by molar-refractivity contribution is 0.177. The second-order valence-corrected chi connectivity index (χ2v) is 2.91. The fourth-order valence-corrected chi connectivity index (χ4v) is 1.55. The van der Waals surface area contributed by atoms with Gasteiger partial charge < -0.3 is 10.8 Å². The lowest BCUT2D eigenvalue weighted by Crippen LogP contribution is -2.06. The molecule has 2 heteroatoms. The van der Waals surface area contributed by atoms with Crippen molar-refractivity contribution < 1.29 is 5.11 Å². The molecule has 0 aromatic rings. The molecule has 1 fully saturated rings. The standard InChI is InChI=1S/C7H15NO/c8-4-3-6-1-2-7(9)5-6/h6-7,9H,1-5,8H2/t6-,7+/m1/s1. The van der Waals surface area contributed by atoms with Gasteiger partial charge in [0, 0.05) is 0 Å². The fraction of sp³-hybridized carbons (Fsp3) is 1.00. The van der Waals surface area contributed by atoms with Crippen LogP contribution in [0.1, 0.15) is 25.7 Å². The normalized spacial score (nSPS) is 35.3. The van der Waals surface area contributed by atoms with E-state index in [0.29, 0.717) is 5.92 Å². The van der Waals surface area contributed by atoms with Gasteiger partial charge in [0.15, 0.2) is 0 Å². The van der Waals surface area contributed by atoms with Crippen molar-refractivity contribution in [3.63, 3.8) is 0 Å². The molecule has 1 rings (SSSR count). The molecule has 54 valence electrons. The monoisotopic (exact) mass is 129 g/mol.